The van der Waals surface area contributed by atoms with Crippen LogP contribution in [0.25, 0.3) is 0 Å². The topological polar surface area (TPSA) is 100 Å². The molecule has 10 heteroatoms. The number of carbonyl (C=O) groups is 3. The van der Waals surface area contributed by atoms with Crippen LogP contribution in [0.1, 0.15) is 27.9 Å². The maximum absolute atomic E-state index is 13.4. The number of aliphatic imine (C=N–C) groups is 2. The number of amides is 2. The Labute approximate surface area is 222 Å². The monoisotopic (exact) mass is 530 g/mol. The van der Waals surface area contributed by atoms with E-state index in [2.05, 4.69) is 15.3 Å². The van der Waals surface area contributed by atoms with E-state index < -0.39 is 11.9 Å². The molecule has 2 aliphatic heterocycles. The highest BCUT2D eigenvalue weighted by Crippen LogP contribution is 2.34. The number of methoxy groups -OCH3 is 1. The summed E-state index contributed by atoms with van der Waals surface area (Å²) in [5.41, 5.74) is 2.56. The molecule has 0 radical (unpaired) electrons. The van der Waals surface area contributed by atoms with Gasteiger partial charge in [-0.1, -0.05) is 36.0 Å². The second-order valence-corrected chi connectivity index (χ2v) is 9.54. The van der Waals surface area contributed by atoms with Gasteiger partial charge >= 0.3 is 0 Å². The number of ketones is 1. The third-order valence-electron chi connectivity index (χ3n) is 6.07. The molecule has 0 spiro atoms. The minimum atomic E-state index is -0.911. The molecule has 0 aliphatic carbocycles. The molecular weight excluding hydrogens is 507 g/mol. The SMILES string of the molecule is COc1ccc(CNC(=O)CC2N=C3c4ccccc4N=C(SCC(=O)c4ccc(F)cc4)N3C2=O)cc1. The average Bonchev–Trinajstić information content (AvgIpc) is 3.27. The van der Waals surface area contributed by atoms with Gasteiger partial charge in [-0.25, -0.2) is 14.3 Å². The van der Waals surface area contributed by atoms with Gasteiger partial charge in [0.2, 0.25) is 5.91 Å². The van der Waals surface area contributed by atoms with Crippen molar-refractivity contribution in [2.24, 2.45) is 9.98 Å². The van der Waals surface area contributed by atoms with E-state index in [4.69, 9.17) is 4.74 Å². The van der Waals surface area contributed by atoms with Gasteiger partial charge in [-0.3, -0.25) is 19.4 Å². The Morgan fingerprint density at radius 1 is 1.05 bits per heavy atom. The number of fused-ring (bicyclic) bond motifs is 3. The van der Waals surface area contributed by atoms with Crippen molar-refractivity contribution in [3.05, 3.63) is 95.3 Å². The summed E-state index contributed by atoms with van der Waals surface area (Å²) in [5, 5.41) is 3.14. The van der Waals surface area contributed by atoms with Crippen LogP contribution in [0.4, 0.5) is 10.1 Å². The van der Waals surface area contributed by atoms with Gasteiger partial charge in [0.05, 0.1) is 25.0 Å². The third kappa shape index (κ3) is 5.35. The van der Waals surface area contributed by atoms with Gasteiger partial charge in [0.25, 0.3) is 5.91 Å². The van der Waals surface area contributed by atoms with Crippen LogP contribution in [-0.2, 0) is 16.1 Å². The summed E-state index contributed by atoms with van der Waals surface area (Å²) in [6, 6.07) is 19.0. The Hall–Kier alpha value is -4.31. The van der Waals surface area contributed by atoms with Crippen molar-refractivity contribution < 1.29 is 23.5 Å². The number of thioether (sulfide) groups is 1. The highest BCUT2D eigenvalue weighted by atomic mass is 32.2. The highest BCUT2D eigenvalue weighted by Gasteiger charge is 2.42. The quantitative estimate of drug-likeness (QED) is 0.442. The number of para-hydroxylation sites is 1. The lowest BCUT2D eigenvalue weighted by molar-refractivity contribution is -0.128. The number of carbonyl (C=O) groups excluding carboxylic acids is 3. The van der Waals surface area contributed by atoms with Gasteiger partial charge in [-0.05, 0) is 54.1 Å². The Bertz CT molecular complexity index is 1450. The van der Waals surface area contributed by atoms with Crippen LogP contribution in [0.3, 0.4) is 0 Å². The first-order valence-electron chi connectivity index (χ1n) is 11.8. The predicted molar refractivity (Wildman–Crippen MR) is 143 cm³/mol. The lowest BCUT2D eigenvalue weighted by atomic mass is 10.1. The van der Waals surface area contributed by atoms with E-state index in [0.29, 0.717) is 34.4 Å². The summed E-state index contributed by atoms with van der Waals surface area (Å²) in [7, 11) is 1.58. The van der Waals surface area contributed by atoms with Gasteiger partial charge < -0.3 is 10.1 Å². The van der Waals surface area contributed by atoms with Crippen LogP contribution in [0, 0.1) is 5.82 Å². The number of rotatable bonds is 8. The number of benzene rings is 3. The molecule has 38 heavy (non-hydrogen) atoms. The first-order valence-corrected chi connectivity index (χ1v) is 12.8. The number of ether oxygens (including phenoxy) is 1. The zero-order valence-corrected chi connectivity index (χ0v) is 21.2. The fourth-order valence-corrected chi connectivity index (χ4v) is 4.97. The third-order valence-corrected chi connectivity index (χ3v) is 7.01. The first-order chi connectivity index (χ1) is 18.4. The molecular formula is C28H23FN4O4S. The van der Waals surface area contributed by atoms with Crippen molar-refractivity contribution in [2.75, 3.05) is 12.9 Å². The summed E-state index contributed by atoms with van der Waals surface area (Å²) in [4.78, 5) is 49.3. The van der Waals surface area contributed by atoms with Gasteiger partial charge in [0.15, 0.2) is 11.0 Å². The molecule has 3 aromatic rings. The van der Waals surface area contributed by atoms with Crippen LogP contribution >= 0.6 is 11.8 Å². The molecule has 0 bridgehead atoms. The zero-order chi connectivity index (χ0) is 26.6. The van der Waals surface area contributed by atoms with E-state index in [9.17, 15) is 18.8 Å². The van der Waals surface area contributed by atoms with E-state index in [1.165, 1.54) is 29.2 Å². The standard InChI is InChI=1S/C28H23FN4O4S/c1-37-20-12-6-17(7-13-20)15-30-25(35)14-23-27(36)33-26(31-23)21-4-2-3-5-22(21)32-28(33)38-16-24(34)18-8-10-19(29)11-9-18/h2-13,23H,14-16H2,1H3,(H,30,35). The Morgan fingerprint density at radius 2 is 1.79 bits per heavy atom. The molecule has 5 rings (SSSR count). The van der Waals surface area contributed by atoms with Crippen LogP contribution in [0.15, 0.2) is 82.8 Å². The summed E-state index contributed by atoms with van der Waals surface area (Å²) in [5.74, 6) is -0.217. The molecule has 0 saturated carbocycles. The molecule has 8 nitrogen and oxygen atoms in total. The largest absolute Gasteiger partial charge is 0.497 e. The Balaban J connectivity index is 1.29. The van der Waals surface area contributed by atoms with Gasteiger partial charge in [-0.15, -0.1) is 0 Å². The van der Waals surface area contributed by atoms with E-state index in [0.717, 1.165) is 23.1 Å². The maximum Gasteiger partial charge on any atom is 0.259 e. The number of halogens is 1. The maximum atomic E-state index is 13.4. The van der Waals surface area contributed by atoms with Gasteiger partial charge in [0.1, 0.15) is 23.4 Å². The lowest BCUT2D eigenvalue weighted by Gasteiger charge is -2.25. The minimum absolute atomic E-state index is 0.00327. The van der Waals surface area contributed by atoms with Crippen LogP contribution < -0.4 is 10.1 Å². The molecule has 1 unspecified atom stereocenters. The lowest BCUT2D eigenvalue weighted by Crippen LogP contribution is -2.42. The van der Waals surface area contributed by atoms with E-state index in [1.807, 2.05) is 42.5 Å². The number of hydrogen-bond donors (Lipinski definition) is 1. The highest BCUT2D eigenvalue weighted by molar-refractivity contribution is 8.14. The minimum Gasteiger partial charge on any atom is -0.497 e. The van der Waals surface area contributed by atoms with Gasteiger partial charge in [-0.2, -0.15) is 0 Å². The Morgan fingerprint density at radius 3 is 2.53 bits per heavy atom. The summed E-state index contributed by atoms with van der Waals surface area (Å²) in [6.07, 6.45) is -0.121. The summed E-state index contributed by atoms with van der Waals surface area (Å²) in [6.45, 7) is 0.306. The van der Waals surface area contributed by atoms with Crippen molar-refractivity contribution >= 4 is 46.1 Å². The molecule has 0 fully saturated rings. The van der Waals surface area contributed by atoms with Crippen molar-refractivity contribution in [1.29, 1.82) is 0 Å². The van der Waals surface area contributed by atoms with Crippen molar-refractivity contribution in [3.8, 4) is 5.75 Å². The number of nitrogens with zero attached hydrogens (tertiary/aromatic N) is 3. The molecule has 2 aliphatic rings. The molecule has 192 valence electrons. The second kappa shape index (κ2) is 11.0. The molecule has 0 saturated heterocycles. The summed E-state index contributed by atoms with van der Waals surface area (Å²) < 4.78 is 18.4. The summed E-state index contributed by atoms with van der Waals surface area (Å²) >= 11 is 1.10. The fourth-order valence-electron chi connectivity index (χ4n) is 4.07. The van der Waals surface area contributed by atoms with Crippen LogP contribution in [0.2, 0.25) is 0 Å². The predicted octanol–water partition coefficient (Wildman–Crippen LogP) is 4.12. The van der Waals surface area contributed by atoms with Crippen molar-refractivity contribution in [1.82, 2.24) is 10.2 Å². The Kier molecular flexibility index (Phi) is 7.32. The smallest absolute Gasteiger partial charge is 0.259 e. The number of hydrogen-bond acceptors (Lipinski definition) is 7. The molecule has 0 aromatic heterocycles. The van der Waals surface area contributed by atoms with E-state index >= 15 is 0 Å². The van der Waals surface area contributed by atoms with E-state index in [-0.39, 0.29) is 29.8 Å². The molecule has 2 heterocycles. The molecule has 2 amide bonds. The van der Waals surface area contributed by atoms with Crippen molar-refractivity contribution in [2.45, 2.75) is 19.0 Å². The number of nitrogens with one attached hydrogen (secondary N) is 1. The molecule has 3 aromatic carbocycles. The number of Topliss-reactive ketones (excluding diaryl/α,β-unsaturated/α-hetero) is 1. The van der Waals surface area contributed by atoms with Crippen molar-refractivity contribution in [3.63, 3.8) is 0 Å². The van der Waals surface area contributed by atoms with Gasteiger partial charge in [0, 0.05) is 17.7 Å². The van der Waals surface area contributed by atoms with Crippen LogP contribution in [-0.4, -0.2) is 52.4 Å². The molecule has 1 N–H and O–H groups in total. The fraction of sp³-hybridized carbons (Fsp3) is 0.179. The molecule has 1 atom stereocenters. The zero-order valence-electron chi connectivity index (χ0n) is 20.4. The second-order valence-electron chi connectivity index (χ2n) is 8.60. The van der Waals surface area contributed by atoms with E-state index in [1.54, 1.807) is 13.2 Å². The number of amidine groups is 2. The average molecular weight is 531 g/mol. The normalized spacial score (nSPS) is 15.8. The first kappa shape index (κ1) is 25.3. The van der Waals surface area contributed by atoms with Crippen LogP contribution in [0.5, 0.6) is 5.75 Å².